The quantitative estimate of drug-likeness (QED) is 0.711. The maximum absolute atomic E-state index is 11.3. The van der Waals surface area contributed by atoms with Gasteiger partial charge in [0.05, 0.1) is 13.2 Å². The highest BCUT2D eigenvalue weighted by atomic mass is 16.5. The van der Waals surface area contributed by atoms with Gasteiger partial charge in [-0.1, -0.05) is 0 Å². The first kappa shape index (κ1) is 9.21. The summed E-state index contributed by atoms with van der Waals surface area (Å²) in [6.07, 6.45) is 3.34. The molecule has 76 valence electrons. The van der Waals surface area contributed by atoms with E-state index >= 15 is 0 Å². The Bertz CT molecular complexity index is 329. The van der Waals surface area contributed by atoms with Crippen LogP contribution in [0.3, 0.4) is 0 Å². The van der Waals surface area contributed by atoms with Crippen LogP contribution in [0.25, 0.3) is 0 Å². The first-order chi connectivity index (χ1) is 6.83. The smallest absolute Gasteiger partial charge is 0.360 e. The van der Waals surface area contributed by atoms with Crippen LogP contribution < -0.4 is 5.32 Å². The van der Waals surface area contributed by atoms with Crippen molar-refractivity contribution in [1.82, 2.24) is 10.3 Å². The first-order valence-corrected chi connectivity index (χ1v) is 4.58. The predicted molar refractivity (Wildman–Crippen MR) is 47.8 cm³/mol. The summed E-state index contributed by atoms with van der Waals surface area (Å²) >= 11 is 0. The van der Waals surface area contributed by atoms with Crippen LogP contribution in [-0.4, -0.2) is 24.6 Å². The van der Waals surface area contributed by atoms with Gasteiger partial charge in [0.1, 0.15) is 0 Å². The molecule has 0 aromatic carbocycles. The minimum Gasteiger partial charge on any atom is -0.464 e. The third-order valence-electron chi connectivity index (χ3n) is 2.35. The Morgan fingerprint density at radius 1 is 1.79 bits per heavy atom. The van der Waals surface area contributed by atoms with Gasteiger partial charge >= 0.3 is 5.97 Å². The van der Waals surface area contributed by atoms with Gasteiger partial charge in [-0.15, -0.1) is 0 Å². The van der Waals surface area contributed by atoms with E-state index in [2.05, 4.69) is 15.0 Å². The molecule has 1 aliphatic heterocycles. The summed E-state index contributed by atoms with van der Waals surface area (Å²) in [6.45, 7) is 0.950. The van der Waals surface area contributed by atoms with Gasteiger partial charge in [0.25, 0.3) is 0 Å². The molecule has 5 nitrogen and oxygen atoms in total. The van der Waals surface area contributed by atoms with Gasteiger partial charge in [-0.2, -0.15) is 0 Å². The highest BCUT2D eigenvalue weighted by Gasteiger charge is 2.26. The van der Waals surface area contributed by atoms with E-state index in [-0.39, 0.29) is 11.7 Å². The number of ether oxygens (including phenoxy) is 1. The molecule has 0 spiro atoms. The van der Waals surface area contributed by atoms with E-state index in [1.165, 1.54) is 13.5 Å². The van der Waals surface area contributed by atoms with Crippen LogP contribution in [-0.2, 0) is 4.74 Å². The molecule has 0 saturated carbocycles. The van der Waals surface area contributed by atoms with Crippen molar-refractivity contribution < 1.29 is 13.9 Å². The molecule has 5 heteroatoms. The molecule has 1 fully saturated rings. The number of carbonyl (C=O) groups is 1. The van der Waals surface area contributed by atoms with E-state index in [1.807, 2.05) is 0 Å². The lowest BCUT2D eigenvalue weighted by atomic mass is 10.1. The number of nitrogens with one attached hydrogen (secondary N) is 1. The Morgan fingerprint density at radius 3 is 3.29 bits per heavy atom. The Balaban J connectivity index is 2.24. The fourth-order valence-electron chi connectivity index (χ4n) is 1.66. The maximum Gasteiger partial charge on any atom is 0.360 e. The summed E-state index contributed by atoms with van der Waals surface area (Å²) in [5, 5.41) is 3.24. The molecule has 0 bridgehead atoms. The van der Waals surface area contributed by atoms with Crippen molar-refractivity contribution in [2.24, 2.45) is 0 Å². The number of rotatable bonds is 2. The zero-order valence-corrected chi connectivity index (χ0v) is 7.95. The van der Waals surface area contributed by atoms with Crippen LogP contribution in [0.15, 0.2) is 10.8 Å². The second kappa shape index (κ2) is 3.79. The standard InChI is InChI=1S/C9H12N2O3/c1-13-9(12)7-8(14-5-11-7)6-3-2-4-10-6/h5-6,10H,2-4H2,1H3/t6-/m0/s1. The maximum atomic E-state index is 11.3. The minimum atomic E-state index is -0.442. The summed E-state index contributed by atoms with van der Waals surface area (Å²) in [5.74, 6) is 0.150. The van der Waals surface area contributed by atoms with Gasteiger partial charge in [-0.25, -0.2) is 9.78 Å². The Hall–Kier alpha value is -1.36. The average Bonchev–Trinajstić information content (AvgIpc) is 2.85. The lowest BCUT2D eigenvalue weighted by molar-refractivity contribution is 0.0591. The lowest BCUT2D eigenvalue weighted by Crippen LogP contribution is -2.16. The summed E-state index contributed by atoms with van der Waals surface area (Å²) in [4.78, 5) is 15.1. The first-order valence-electron chi connectivity index (χ1n) is 4.58. The molecule has 2 rings (SSSR count). The number of carbonyl (C=O) groups excluding carboxylic acids is 1. The topological polar surface area (TPSA) is 64.4 Å². The van der Waals surface area contributed by atoms with E-state index in [4.69, 9.17) is 4.42 Å². The van der Waals surface area contributed by atoms with Gasteiger partial charge < -0.3 is 14.5 Å². The fraction of sp³-hybridized carbons (Fsp3) is 0.556. The normalized spacial score (nSPS) is 21.1. The number of aromatic nitrogens is 1. The zero-order chi connectivity index (χ0) is 9.97. The predicted octanol–water partition coefficient (Wildman–Crippen LogP) is 0.886. The molecule has 0 amide bonds. The molecule has 1 aromatic heterocycles. The number of esters is 1. The van der Waals surface area contributed by atoms with Crippen LogP contribution in [0.1, 0.15) is 35.1 Å². The van der Waals surface area contributed by atoms with Crippen molar-refractivity contribution in [1.29, 1.82) is 0 Å². The fourth-order valence-corrected chi connectivity index (χ4v) is 1.66. The number of methoxy groups -OCH3 is 1. The summed E-state index contributed by atoms with van der Waals surface area (Å²) in [7, 11) is 1.34. The Morgan fingerprint density at radius 2 is 2.64 bits per heavy atom. The number of hydrogen-bond acceptors (Lipinski definition) is 5. The molecule has 0 unspecified atom stereocenters. The van der Waals surface area contributed by atoms with E-state index in [0.717, 1.165) is 19.4 Å². The van der Waals surface area contributed by atoms with Crippen LogP contribution in [0.5, 0.6) is 0 Å². The average molecular weight is 196 g/mol. The largest absolute Gasteiger partial charge is 0.464 e. The number of nitrogens with zero attached hydrogens (tertiary/aromatic N) is 1. The Labute approximate surface area is 81.5 Å². The van der Waals surface area contributed by atoms with E-state index in [9.17, 15) is 4.79 Å². The van der Waals surface area contributed by atoms with Gasteiger partial charge in [0.15, 0.2) is 17.8 Å². The molecular formula is C9H12N2O3. The molecule has 2 heterocycles. The van der Waals surface area contributed by atoms with Gasteiger partial charge in [0.2, 0.25) is 0 Å². The highest BCUT2D eigenvalue weighted by molar-refractivity contribution is 5.88. The third-order valence-corrected chi connectivity index (χ3v) is 2.35. The van der Waals surface area contributed by atoms with E-state index < -0.39 is 5.97 Å². The van der Waals surface area contributed by atoms with Crippen molar-refractivity contribution in [3.63, 3.8) is 0 Å². The van der Waals surface area contributed by atoms with Gasteiger partial charge in [-0.05, 0) is 19.4 Å². The summed E-state index contributed by atoms with van der Waals surface area (Å²) in [6, 6.07) is 0.103. The van der Waals surface area contributed by atoms with Gasteiger partial charge in [0, 0.05) is 0 Å². The minimum absolute atomic E-state index is 0.103. The monoisotopic (exact) mass is 196 g/mol. The molecule has 1 saturated heterocycles. The highest BCUT2D eigenvalue weighted by Crippen LogP contribution is 2.25. The Kier molecular flexibility index (Phi) is 2.49. The molecule has 1 aliphatic rings. The van der Waals surface area contributed by atoms with Crippen LogP contribution >= 0.6 is 0 Å². The van der Waals surface area contributed by atoms with E-state index in [1.54, 1.807) is 0 Å². The van der Waals surface area contributed by atoms with Gasteiger partial charge in [-0.3, -0.25) is 0 Å². The number of hydrogen-bond donors (Lipinski definition) is 1. The van der Waals surface area contributed by atoms with Crippen LogP contribution in [0.2, 0.25) is 0 Å². The SMILES string of the molecule is COC(=O)c1ncoc1[C@@H]1CCCN1. The molecule has 14 heavy (non-hydrogen) atoms. The molecule has 1 atom stereocenters. The zero-order valence-electron chi connectivity index (χ0n) is 7.95. The van der Waals surface area contributed by atoms with Crippen molar-refractivity contribution in [2.45, 2.75) is 18.9 Å². The lowest BCUT2D eigenvalue weighted by Gasteiger charge is -2.06. The molecule has 0 aliphatic carbocycles. The molecule has 1 N–H and O–H groups in total. The van der Waals surface area contributed by atoms with Crippen LogP contribution in [0.4, 0.5) is 0 Å². The molecule has 1 aromatic rings. The molecular weight excluding hydrogens is 184 g/mol. The van der Waals surface area contributed by atoms with Crippen molar-refractivity contribution in [2.75, 3.05) is 13.7 Å². The summed E-state index contributed by atoms with van der Waals surface area (Å²) in [5.41, 5.74) is 0.284. The van der Waals surface area contributed by atoms with Crippen LogP contribution in [0, 0.1) is 0 Å². The summed E-state index contributed by atoms with van der Waals surface area (Å²) < 4.78 is 9.80. The second-order valence-electron chi connectivity index (χ2n) is 3.21. The second-order valence-corrected chi connectivity index (χ2v) is 3.21. The van der Waals surface area contributed by atoms with E-state index in [0.29, 0.717) is 5.76 Å². The third kappa shape index (κ3) is 1.50. The van der Waals surface area contributed by atoms with Crippen molar-refractivity contribution >= 4 is 5.97 Å². The number of oxazole rings is 1. The van der Waals surface area contributed by atoms with Crippen molar-refractivity contribution in [3.05, 3.63) is 17.8 Å². The molecule has 0 radical (unpaired) electrons. The van der Waals surface area contributed by atoms with Crippen molar-refractivity contribution in [3.8, 4) is 0 Å².